The van der Waals surface area contributed by atoms with E-state index in [1.807, 2.05) is 38.1 Å². The summed E-state index contributed by atoms with van der Waals surface area (Å²) < 4.78 is 0. The van der Waals surface area contributed by atoms with Gasteiger partial charge in [-0.3, -0.25) is 9.78 Å². The fourth-order valence-corrected chi connectivity index (χ4v) is 2.16. The highest BCUT2D eigenvalue weighted by Crippen LogP contribution is 2.19. The van der Waals surface area contributed by atoms with Crippen LogP contribution in [0.3, 0.4) is 0 Å². The number of pyridine rings is 1. The van der Waals surface area contributed by atoms with Gasteiger partial charge in [-0.1, -0.05) is 17.7 Å². The van der Waals surface area contributed by atoms with Crippen molar-refractivity contribution in [2.24, 2.45) is 4.99 Å². The molecule has 1 heterocycles. The number of hydrogen-bond donors (Lipinski definition) is 1. The molecule has 114 valence electrons. The topological polar surface area (TPSA) is 54.4 Å². The average Bonchev–Trinajstić information content (AvgIpc) is 2.51. The van der Waals surface area contributed by atoms with Crippen LogP contribution in [0.25, 0.3) is 0 Å². The van der Waals surface area contributed by atoms with E-state index in [0.29, 0.717) is 12.3 Å². The molecule has 4 heteroatoms. The van der Waals surface area contributed by atoms with Gasteiger partial charge in [0.25, 0.3) is 5.91 Å². The standard InChI is InChI=1S/C18H21N3O/c1-13-4-5-17(14(2)12-13)21-15(3)18(22)20-11-8-16-6-9-19-10-7-16/h4-7,9-10,12H,8,11H2,1-3H3,(H,20,22). The summed E-state index contributed by atoms with van der Waals surface area (Å²) in [5.41, 5.74) is 4.73. The van der Waals surface area contributed by atoms with Crippen LogP contribution in [-0.4, -0.2) is 23.1 Å². The van der Waals surface area contributed by atoms with Gasteiger partial charge in [-0.2, -0.15) is 0 Å². The maximum Gasteiger partial charge on any atom is 0.265 e. The number of carbonyl (C=O) groups is 1. The van der Waals surface area contributed by atoms with Gasteiger partial charge in [0, 0.05) is 18.9 Å². The molecule has 0 bridgehead atoms. The Morgan fingerprint density at radius 3 is 2.59 bits per heavy atom. The minimum absolute atomic E-state index is 0.131. The van der Waals surface area contributed by atoms with Gasteiger partial charge in [0.1, 0.15) is 5.71 Å². The van der Waals surface area contributed by atoms with Crippen LogP contribution in [0.15, 0.2) is 47.7 Å². The van der Waals surface area contributed by atoms with Gasteiger partial charge >= 0.3 is 0 Å². The lowest BCUT2D eigenvalue weighted by atomic mass is 10.1. The number of rotatable bonds is 5. The molecular formula is C18H21N3O. The highest BCUT2D eigenvalue weighted by atomic mass is 16.1. The lowest BCUT2D eigenvalue weighted by Gasteiger charge is -2.06. The largest absolute Gasteiger partial charge is 0.351 e. The Morgan fingerprint density at radius 2 is 1.91 bits per heavy atom. The molecule has 0 atom stereocenters. The third-order valence-electron chi connectivity index (χ3n) is 3.42. The number of carbonyl (C=O) groups excluding carboxylic acids is 1. The van der Waals surface area contributed by atoms with E-state index in [1.165, 1.54) is 5.56 Å². The van der Waals surface area contributed by atoms with E-state index in [2.05, 4.69) is 21.4 Å². The molecule has 2 rings (SSSR count). The second-order valence-electron chi connectivity index (χ2n) is 5.35. The minimum Gasteiger partial charge on any atom is -0.351 e. The van der Waals surface area contributed by atoms with Crippen LogP contribution in [0.1, 0.15) is 23.6 Å². The quantitative estimate of drug-likeness (QED) is 0.861. The minimum atomic E-state index is -0.131. The molecule has 0 spiro atoms. The number of benzene rings is 1. The predicted octanol–water partition coefficient (Wildman–Crippen LogP) is 3.15. The van der Waals surface area contributed by atoms with Crippen LogP contribution < -0.4 is 5.32 Å². The Balaban J connectivity index is 1.92. The Labute approximate surface area is 131 Å². The molecule has 22 heavy (non-hydrogen) atoms. The number of aromatic nitrogens is 1. The predicted molar refractivity (Wildman–Crippen MR) is 89.6 cm³/mol. The number of aliphatic imine (C=N–C) groups is 1. The Morgan fingerprint density at radius 1 is 1.18 bits per heavy atom. The third kappa shape index (κ3) is 4.52. The Kier molecular flexibility index (Phi) is 5.42. The molecule has 1 aromatic heterocycles. The van der Waals surface area contributed by atoms with Crippen molar-refractivity contribution in [3.05, 3.63) is 59.4 Å². The molecule has 0 saturated heterocycles. The van der Waals surface area contributed by atoms with Crippen LogP contribution in [0, 0.1) is 13.8 Å². The number of nitrogens with one attached hydrogen (secondary N) is 1. The van der Waals surface area contributed by atoms with Gasteiger partial charge in [0.2, 0.25) is 0 Å². The smallest absolute Gasteiger partial charge is 0.265 e. The van der Waals surface area contributed by atoms with Crippen molar-refractivity contribution in [1.29, 1.82) is 0 Å². The molecule has 0 unspecified atom stereocenters. The van der Waals surface area contributed by atoms with E-state index in [4.69, 9.17) is 0 Å². The van der Waals surface area contributed by atoms with Crippen LogP contribution in [-0.2, 0) is 11.2 Å². The highest BCUT2D eigenvalue weighted by molar-refractivity contribution is 6.38. The zero-order valence-corrected chi connectivity index (χ0v) is 13.3. The van der Waals surface area contributed by atoms with Gasteiger partial charge in [0.05, 0.1) is 5.69 Å². The number of aryl methyl sites for hydroxylation is 2. The summed E-state index contributed by atoms with van der Waals surface area (Å²) in [6, 6.07) is 9.90. The second-order valence-corrected chi connectivity index (χ2v) is 5.35. The summed E-state index contributed by atoms with van der Waals surface area (Å²) in [4.78, 5) is 20.5. The Hall–Kier alpha value is -2.49. The molecule has 1 amide bonds. The summed E-state index contributed by atoms with van der Waals surface area (Å²) in [6.07, 6.45) is 4.29. The first-order valence-corrected chi connectivity index (χ1v) is 7.36. The molecule has 0 fully saturated rings. The molecule has 0 aliphatic carbocycles. The van der Waals surface area contributed by atoms with Gasteiger partial charge < -0.3 is 5.32 Å². The first-order chi connectivity index (χ1) is 10.6. The second kappa shape index (κ2) is 7.50. The molecule has 1 aromatic carbocycles. The lowest BCUT2D eigenvalue weighted by Crippen LogP contribution is -2.31. The summed E-state index contributed by atoms with van der Waals surface area (Å²) in [7, 11) is 0. The summed E-state index contributed by atoms with van der Waals surface area (Å²) in [6.45, 7) is 6.36. The van der Waals surface area contributed by atoms with E-state index < -0.39 is 0 Å². The first-order valence-electron chi connectivity index (χ1n) is 7.36. The van der Waals surface area contributed by atoms with Crippen LogP contribution in [0.5, 0.6) is 0 Å². The lowest BCUT2D eigenvalue weighted by molar-refractivity contribution is -0.114. The normalized spacial score (nSPS) is 11.3. The third-order valence-corrected chi connectivity index (χ3v) is 3.42. The van der Waals surface area contributed by atoms with Crippen molar-refractivity contribution in [2.75, 3.05) is 6.54 Å². The fourth-order valence-electron chi connectivity index (χ4n) is 2.16. The van der Waals surface area contributed by atoms with Crippen molar-refractivity contribution in [3.8, 4) is 0 Å². The van der Waals surface area contributed by atoms with Crippen LogP contribution in [0.2, 0.25) is 0 Å². The van der Waals surface area contributed by atoms with Crippen molar-refractivity contribution < 1.29 is 4.79 Å². The van der Waals surface area contributed by atoms with Gasteiger partial charge in [0.15, 0.2) is 0 Å². The van der Waals surface area contributed by atoms with Gasteiger partial charge in [-0.15, -0.1) is 0 Å². The maximum absolute atomic E-state index is 12.1. The maximum atomic E-state index is 12.1. The summed E-state index contributed by atoms with van der Waals surface area (Å²) >= 11 is 0. The molecule has 0 aliphatic heterocycles. The van der Waals surface area contributed by atoms with Crippen LogP contribution >= 0.6 is 0 Å². The van der Waals surface area contributed by atoms with E-state index in [0.717, 1.165) is 23.2 Å². The molecule has 1 N–H and O–H groups in total. The molecule has 0 aliphatic rings. The Bertz CT molecular complexity index is 678. The molecule has 0 radical (unpaired) electrons. The van der Waals surface area contributed by atoms with Crippen molar-refractivity contribution in [1.82, 2.24) is 10.3 Å². The number of amides is 1. The molecular weight excluding hydrogens is 274 g/mol. The number of nitrogens with zero attached hydrogens (tertiary/aromatic N) is 2. The monoisotopic (exact) mass is 295 g/mol. The molecule has 4 nitrogen and oxygen atoms in total. The van der Waals surface area contributed by atoms with Crippen molar-refractivity contribution in [3.63, 3.8) is 0 Å². The number of hydrogen-bond acceptors (Lipinski definition) is 3. The van der Waals surface area contributed by atoms with Gasteiger partial charge in [-0.05, 0) is 56.5 Å². The van der Waals surface area contributed by atoms with Crippen molar-refractivity contribution in [2.45, 2.75) is 27.2 Å². The average molecular weight is 295 g/mol. The highest BCUT2D eigenvalue weighted by Gasteiger charge is 2.06. The molecule has 0 saturated carbocycles. The van der Waals surface area contributed by atoms with E-state index in [9.17, 15) is 4.79 Å². The summed E-state index contributed by atoms with van der Waals surface area (Å²) in [5, 5.41) is 2.89. The van der Waals surface area contributed by atoms with E-state index >= 15 is 0 Å². The fraction of sp³-hybridized carbons (Fsp3) is 0.278. The summed E-state index contributed by atoms with van der Waals surface area (Å²) in [5.74, 6) is -0.131. The van der Waals surface area contributed by atoms with E-state index in [-0.39, 0.29) is 5.91 Å². The zero-order chi connectivity index (χ0) is 15.9. The van der Waals surface area contributed by atoms with Crippen LogP contribution in [0.4, 0.5) is 5.69 Å². The van der Waals surface area contributed by atoms with Crippen molar-refractivity contribution >= 4 is 17.3 Å². The van der Waals surface area contributed by atoms with Gasteiger partial charge in [-0.25, -0.2) is 4.99 Å². The first kappa shape index (κ1) is 15.9. The zero-order valence-electron chi connectivity index (χ0n) is 13.3. The van der Waals surface area contributed by atoms with E-state index in [1.54, 1.807) is 19.3 Å². The SMILES string of the molecule is CC(=Nc1ccc(C)cc1C)C(=O)NCCc1ccncc1. The molecule has 2 aromatic rings.